The monoisotopic (exact) mass is 450 g/mol. The fourth-order valence-corrected chi connectivity index (χ4v) is 3.92. The maximum atomic E-state index is 12.5. The van der Waals surface area contributed by atoms with Gasteiger partial charge in [-0.1, -0.05) is 17.7 Å². The molecular formula is C24H26N4O3S. The molecule has 0 aliphatic heterocycles. The number of nitrogens with one attached hydrogen (secondary N) is 1. The van der Waals surface area contributed by atoms with Crippen molar-refractivity contribution in [3.05, 3.63) is 69.5 Å². The number of nitriles is 1. The Labute approximate surface area is 191 Å². The van der Waals surface area contributed by atoms with Gasteiger partial charge in [-0.15, -0.1) is 11.3 Å². The van der Waals surface area contributed by atoms with Gasteiger partial charge in [-0.05, 0) is 50.6 Å². The molecule has 0 saturated carbocycles. The van der Waals surface area contributed by atoms with Crippen LogP contribution in [0.1, 0.15) is 28.2 Å². The SMILES string of the molecule is COCCn1c(C)cc(/C=C(\C#N)C(=O)OCc2csc(Nc3ccc(C)cc3)n2)c1C. The molecule has 0 aliphatic carbocycles. The Balaban J connectivity index is 1.63. The van der Waals surface area contributed by atoms with Crippen LogP contribution in [0.5, 0.6) is 0 Å². The molecule has 8 heteroatoms. The quantitative estimate of drug-likeness (QED) is 0.283. The van der Waals surface area contributed by atoms with E-state index in [1.165, 1.54) is 16.9 Å². The highest BCUT2D eigenvalue weighted by Gasteiger charge is 2.15. The van der Waals surface area contributed by atoms with Gasteiger partial charge < -0.3 is 19.4 Å². The highest BCUT2D eigenvalue weighted by molar-refractivity contribution is 7.13. The van der Waals surface area contributed by atoms with Crippen LogP contribution in [-0.4, -0.2) is 29.2 Å². The van der Waals surface area contributed by atoms with Crippen molar-refractivity contribution >= 4 is 34.2 Å². The summed E-state index contributed by atoms with van der Waals surface area (Å²) in [6.45, 7) is 7.25. The topological polar surface area (TPSA) is 89.2 Å². The van der Waals surface area contributed by atoms with E-state index in [0.29, 0.717) is 24.0 Å². The van der Waals surface area contributed by atoms with Gasteiger partial charge in [0.25, 0.3) is 0 Å². The molecule has 0 saturated heterocycles. The minimum absolute atomic E-state index is 0.00318. The average Bonchev–Trinajstić information content (AvgIpc) is 3.34. The molecule has 166 valence electrons. The smallest absolute Gasteiger partial charge is 0.349 e. The van der Waals surface area contributed by atoms with Crippen LogP contribution in [-0.2, 0) is 27.4 Å². The lowest BCUT2D eigenvalue weighted by Gasteiger charge is -2.08. The van der Waals surface area contributed by atoms with Gasteiger partial charge in [-0.3, -0.25) is 0 Å². The van der Waals surface area contributed by atoms with E-state index in [-0.39, 0.29) is 12.2 Å². The maximum Gasteiger partial charge on any atom is 0.349 e. The molecule has 2 heterocycles. The van der Waals surface area contributed by atoms with Crippen LogP contribution >= 0.6 is 11.3 Å². The largest absolute Gasteiger partial charge is 0.455 e. The summed E-state index contributed by atoms with van der Waals surface area (Å²) >= 11 is 1.42. The fraction of sp³-hybridized carbons (Fsp3) is 0.292. The molecule has 0 aliphatic rings. The Hall–Kier alpha value is -3.41. The third-order valence-corrected chi connectivity index (χ3v) is 5.78. The van der Waals surface area contributed by atoms with Crippen LogP contribution in [0.3, 0.4) is 0 Å². The number of carbonyl (C=O) groups excluding carboxylic acids is 1. The lowest BCUT2D eigenvalue weighted by Crippen LogP contribution is -2.08. The number of aromatic nitrogens is 2. The van der Waals surface area contributed by atoms with Gasteiger partial charge in [0.05, 0.1) is 12.3 Å². The maximum absolute atomic E-state index is 12.5. The van der Waals surface area contributed by atoms with Gasteiger partial charge >= 0.3 is 5.97 Å². The summed E-state index contributed by atoms with van der Waals surface area (Å²) in [7, 11) is 1.66. The predicted octanol–water partition coefficient (Wildman–Crippen LogP) is 4.91. The number of methoxy groups -OCH3 is 1. The number of aryl methyl sites for hydroxylation is 2. The molecule has 0 bridgehead atoms. The number of carbonyl (C=O) groups is 1. The van der Waals surface area contributed by atoms with E-state index in [2.05, 4.69) is 14.9 Å². The minimum atomic E-state index is -0.671. The summed E-state index contributed by atoms with van der Waals surface area (Å²) in [5, 5.41) is 15.2. The first-order chi connectivity index (χ1) is 15.4. The number of benzene rings is 1. The van der Waals surface area contributed by atoms with E-state index >= 15 is 0 Å². The summed E-state index contributed by atoms with van der Waals surface area (Å²) in [5.41, 5.74) is 5.49. The van der Waals surface area contributed by atoms with Crippen molar-refractivity contribution in [1.29, 1.82) is 5.26 Å². The second-order valence-corrected chi connectivity index (χ2v) is 8.21. The molecule has 0 fully saturated rings. The van der Waals surface area contributed by atoms with Gasteiger partial charge in [0, 0.05) is 36.1 Å². The van der Waals surface area contributed by atoms with Crippen molar-refractivity contribution in [1.82, 2.24) is 9.55 Å². The number of ether oxygens (including phenoxy) is 2. The Morgan fingerprint density at radius 1 is 1.28 bits per heavy atom. The van der Waals surface area contributed by atoms with E-state index in [0.717, 1.165) is 22.6 Å². The number of rotatable bonds is 9. The number of hydrogen-bond donors (Lipinski definition) is 1. The molecule has 3 aromatic rings. The zero-order chi connectivity index (χ0) is 23.1. The Bertz CT molecular complexity index is 1150. The minimum Gasteiger partial charge on any atom is -0.455 e. The average molecular weight is 451 g/mol. The second kappa shape index (κ2) is 10.8. The molecular weight excluding hydrogens is 424 g/mol. The van der Waals surface area contributed by atoms with E-state index in [1.807, 2.05) is 62.6 Å². The third-order valence-electron chi connectivity index (χ3n) is 4.98. The molecule has 0 radical (unpaired) electrons. The van der Waals surface area contributed by atoms with Crippen molar-refractivity contribution in [3.63, 3.8) is 0 Å². The Morgan fingerprint density at radius 3 is 2.72 bits per heavy atom. The highest BCUT2D eigenvalue weighted by Crippen LogP contribution is 2.22. The molecule has 0 spiro atoms. The Morgan fingerprint density at radius 2 is 2.03 bits per heavy atom. The standard InChI is InChI=1S/C24H26N4O3S/c1-16-5-7-21(8-6-16)26-24-27-22(15-32-24)14-31-23(29)20(13-25)12-19-11-17(2)28(18(19)3)9-10-30-4/h5-8,11-12,15H,9-10,14H2,1-4H3,(H,26,27)/b20-12+. The van der Waals surface area contributed by atoms with Crippen molar-refractivity contribution in [3.8, 4) is 6.07 Å². The first-order valence-corrected chi connectivity index (χ1v) is 11.0. The lowest BCUT2D eigenvalue weighted by molar-refractivity contribution is -0.139. The molecule has 0 amide bonds. The molecule has 7 nitrogen and oxygen atoms in total. The van der Waals surface area contributed by atoms with Crippen LogP contribution < -0.4 is 5.32 Å². The molecule has 0 atom stereocenters. The van der Waals surface area contributed by atoms with E-state index < -0.39 is 5.97 Å². The van der Waals surface area contributed by atoms with Crippen LogP contribution in [0.25, 0.3) is 6.08 Å². The van der Waals surface area contributed by atoms with Crippen molar-refractivity contribution in [2.24, 2.45) is 0 Å². The van der Waals surface area contributed by atoms with Crippen LogP contribution in [0, 0.1) is 32.1 Å². The zero-order valence-electron chi connectivity index (χ0n) is 18.6. The molecule has 0 unspecified atom stereocenters. The van der Waals surface area contributed by atoms with Gasteiger partial charge in [-0.25, -0.2) is 9.78 Å². The normalized spacial score (nSPS) is 11.3. The number of hydrogen-bond acceptors (Lipinski definition) is 7. The summed E-state index contributed by atoms with van der Waals surface area (Å²) in [6.07, 6.45) is 1.57. The van der Waals surface area contributed by atoms with Crippen molar-refractivity contribution < 1.29 is 14.3 Å². The predicted molar refractivity (Wildman–Crippen MR) is 126 cm³/mol. The van der Waals surface area contributed by atoms with Crippen LogP contribution in [0.15, 0.2) is 41.3 Å². The van der Waals surface area contributed by atoms with E-state index in [1.54, 1.807) is 13.2 Å². The fourth-order valence-electron chi connectivity index (χ4n) is 3.20. The van der Waals surface area contributed by atoms with Gasteiger partial charge in [0.15, 0.2) is 5.13 Å². The summed E-state index contributed by atoms with van der Waals surface area (Å²) < 4.78 is 12.6. The molecule has 2 aromatic heterocycles. The van der Waals surface area contributed by atoms with E-state index in [9.17, 15) is 10.1 Å². The number of esters is 1. The molecule has 1 aromatic carbocycles. The summed E-state index contributed by atoms with van der Waals surface area (Å²) in [4.78, 5) is 16.9. The molecule has 32 heavy (non-hydrogen) atoms. The van der Waals surface area contributed by atoms with Gasteiger partial charge in [-0.2, -0.15) is 5.26 Å². The number of thiazole rings is 1. The molecule has 1 N–H and O–H groups in total. The second-order valence-electron chi connectivity index (χ2n) is 7.35. The first-order valence-electron chi connectivity index (χ1n) is 10.1. The lowest BCUT2D eigenvalue weighted by atomic mass is 10.1. The first kappa shape index (κ1) is 23.3. The van der Waals surface area contributed by atoms with Gasteiger partial charge in [0.1, 0.15) is 18.2 Å². The van der Waals surface area contributed by atoms with Crippen LogP contribution in [0.2, 0.25) is 0 Å². The molecule has 3 rings (SSSR count). The van der Waals surface area contributed by atoms with E-state index in [4.69, 9.17) is 9.47 Å². The summed E-state index contributed by atoms with van der Waals surface area (Å²) in [5.74, 6) is -0.671. The van der Waals surface area contributed by atoms with Crippen molar-refractivity contribution in [2.75, 3.05) is 19.0 Å². The highest BCUT2D eigenvalue weighted by atomic mass is 32.1. The van der Waals surface area contributed by atoms with Gasteiger partial charge in [0.2, 0.25) is 0 Å². The van der Waals surface area contributed by atoms with Crippen molar-refractivity contribution in [2.45, 2.75) is 33.9 Å². The number of anilines is 2. The zero-order valence-corrected chi connectivity index (χ0v) is 19.5. The summed E-state index contributed by atoms with van der Waals surface area (Å²) in [6, 6.07) is 11.9. The Kier molecular flexibility index (Phi) is 7.82. The van der Waals surface area contributed by atoms with Crippen LogP contribution in [0.4, 0.5) is 10.8 Å². The third kappa shape index (κ3) is 5.84. The number of nitrogens with zero attached hydrogens (tertiary/aromatic N) is 3.